The van der Waals surface area contributed by atoms with Gasteiger partial charge in [-0.2, -0.15) is 11.8 Å². The van der Waals surface area contributed by atoms with Gasteiger partial charge in [0.2, 0.25) is 0 Å². The van der Waals surface area contributed by atoms with Gasteiger partial charge in [-0.1, -0.05) is 47.8 Å². The molecule has 1 N–H and O–H groups in total. The van der Waals surface area contributed by atoms with Gasteiger partial charge in [-0.25, -0.2) is 0 Å². The fourth-order valence-electron chi connectivity index (χ4n) is 2.22. The quantitative estimate of drug-likeness (QED) is 0.569. The van der Waals surface area contributed by atoms with Gasteiger partial charge in [-0.3, -0.25) is 0 Å². The molecule has 108 valence electrons. The van der Waals surface area contributed by atoms with Crippen molar-refractivity contribution in [3.63, 3.8) is 0 Å². The molecule has 1 atom stereocenters. The average molecular weight is 344 g/mol. The molecule has 0 amide bonds. The number of benzene rings is 1. The van der Waals surface area contributed by atoms with E-state index in [0.717, 1.165) is 13.0 Å². The normalized spacial score (nSPS) is 12.6. The van der Waals surface area contributed by atoms with Crippen molar-refractivity contribution in [1.29, 1.82) is 0 Å². The molecular weight excluding hydrogens is 318 g/mol. The van der Waals surface area contributed by atoms with E-state index in [2.05, 4.69) is 58.7 Å². The van der Waals surface area contributed by atoms with E-state index in [9.17, 15) is 0 Å². The van der Waals surface area contributed by atoms with Crippen LogP contribution in [0.15, 0.2) is 28.7 Å². The Balaban J connectivity index is 2.22. The summed E-state index contributed by atoms with van der Waals surface area (Å²) in [5, 5.41) is 3.68. The Kier molecular flexibility index (Phi) is 9.66. The minimum atomic E-state index is 0.490. The Bertz CT molecular complexity index is 343. The summed E-state index contributed by atoms with van der Waals surface area (Å²) in [4.78, 5) is 0. The smallest absolute Gasteiger partial charge is 0.0318 e. The highest BCUT2D eigenvalue weighted by atomic mass is 79.9. The van der Waals surface area contributed by atoms with E-state index in [0.29, 0.717) is 6.04 Å². The number of rotatable bonds is 10. The van der Waals surface area contributed by atoms with Crippen LogP contribution in [0.2, 0.25) is 0 Å². The molecule has 1 nitrogen and oxygen atoms in total. The number of hydrogen-bond donors (Lipinski definition) is 1. The lowest BCUT2D eigenvalue weighted by Gasteiger charge is -2.17. The topological polar surface area (TPSA) is 12.0 Å². The molecule has 1 unspecified atom stereocenters. The zero-order chi connectivity index (χ0) is 13.9. The lowest BCUT2D eigenvalue weighted by atomic mass is 10.0. The summed E-state index contributed by atoms with van der Waals surface area (Å²) in [5.41, 5.74) is 1.39. The maximum atomic E-state index is 3.68. The van der Waals surface area contributed by atoms with Crippen LogP contribution in [0.25, 0.3) is 0 Å². The van der Waals surface area contributed by atoms with Crippen molar-refractivity contribution < 1.29 is 0 Å². The van der Waals surface area contributed by atoms with Crippen LogP contribution in [-0.4, -0.2) is 18.6 Å². The molecule has 0 aliphatic heterocycles. The van der Waals surface area contributed by atoms with Crippen molar-refractivity contribution in [3.8, 4) is 0 Å². The Hall–Kier alpha value is 0.01000. The highest BCUT2D eigenvalue weighted by Gasteiger charge is 2.07. The van der Waals surface area contributed by atoms with E-state index in [1.54, 1.807) is 0 Å². The molecule has 0 saturated carbocycles. The van der Waals surface area contributed by atoms with Gasteiger partial charge >= 0.3 is 0 Å². The predicted octanol–water partition coefficient (Wildman–Crippen LogP) is 5.41. The molecule has 0 spiro atoms. The van der Waals surface area contributed by atoms with E-state index in [1.165, 1.54) is 41.5 Å². The van der Waals surface area contributed by atoms with E-state index >= 15 is 0 Å². The number of unbranched alkanes of at least 4 members (excludes halogenated alkanes) is 3. The third-order valence-corrected chi connectivity index (χ3v) is 4.52. The predicted molar refractivity (Wildman–Crippen MR) is 92.0 cm³/mol. The number of thioether (sulfide) groups is 1. The summed E-state index contributed by atoms with van der Waals surface area (Å²) >= 11 is 5.50. The molecule has 1 aromatic rings. The van der Waals surface area contributed by atoms with Gasteiger partial charge in [0, 0.05) is 10.5 Å². The molecule has 1 rings (SSSR count). The summed E-state index contributed by atoms with van der Waals surface area (Å²) in [6.07, 6.45) is 8.70. The number of nitrogens with one attached hydrogen (secondary N) is 1. The van der Waals surface area contributed by atoms with Crippen molar-refractivity contribution in [2.75, 3.05) is 18.6 Å². The van der Waals surface area contributed by atoms with Crippen molar-refractivity contribution >= 4 is 27.7 Å². The molecule has 0 aliphatic carbocycles. The van der Waals surface area contributed by atoms with Crippen molar-refractivity contribution in [2.45, 2.75) is 45.1 Å². The van der Waals surface area contributed by atoms with E-state index in [4.69, 9.17) is 0 Å². The number of halogens is 1. The van der Waals surface area contributed by atoms with Gasteiger partial charge < -0.3 is 5.32 Å². The van der Waals surface area contributed by atoms with E-state index < -0.39 is 0 Å². The SMILES string of the molecule is CCC(NCCCCCCSC)c1cccc(Br)c1. The van der Waals surface area contributed by atoms with Crippen LogP contribution in [0, 0.1) is 0 Å². The fourth-order valence-corrected chi connectivity index (χ4v) is 3.13. The summed E-state index contributed by atoms with van der Waals surface area (Å²) in [6, 6.07) is 9.13. The molecule has 0 radical (unpaired) electrons. The van der Waals surface area contributed by atoms with Crippen molar-refractivity contribution in [3.05, 3.63) is 34.3 Å². The van der Waals surface area contributed by atoms with Crippen LogP contribution < -0.4 is 5.32 Å². The Morgan fingerprint density at radius 1 is 1.21 bits per heavy atom. The fraction of sp³-hybridized carbons (Fsp3) is 0.625. The first-order valence-electron chi connectivity index (χ1n) is 7.25. The third-order valence-electron chi connectivity index (χ3n) is 3.33. The van der Waals surface area contributed by atoms with Crippen LogP contribution in [0.3, 0.4) is 0 Å². The van der Waals surface area contributed by atoms with Crippen LogP contribution >= 0.6 is 27.7 Å². The second kappa shape index (κ2) is 10.8. The highest BCUT2D eigenvalue weighted by Crippen LogP contribution is 2.20. The van der Waals surface area contributed by atoms with Crippen LogP contribution in [-0.2, 0) is 0 Å². The molecule has 3 heteroatoms. The second-order valence-corrected chi connectivity index (χ2v) is 6.78. The van der Waals surface area contributed by atoms with Gasteiger partial charge in [0.15, 0.2) is 0 Å². The van der Waals surface area contributed by atoms with Gasteiger partial charge in [-0.15, -0.1) is 0 Å². The molecular formula is C16H26BrNS. The second-order valence-electron chi connectivity index (χ2n) is 4.88. The summed E-state index contributed by atoms with van der Waals surface area (Å²) in [5.74, 6) is 1.31. The van der Waals surface area contributed by atoms with Crippen LogP contribution in [0.1, 0.15) is 50.6 Å². The largest absolute Gasteiger partial charge is 0.310 e. The summed E-state index contributed by atoms with van der Waals surface area (Å²) in [7, 11) is 0. The lowest BCUT2D eigenvalue weighted by molar-refractivity contribution is 0.498. The first kappa shape index (κ1) is 17.1. The summed E-state index contributed by atoms with van der Waals surface area (Å²) in [6.45, 7) is 3.38. The van der Waals surface area contributed by atoms with Crippen molar-refractivity contribution in [2.24, 2.45) is 0 Å². The summed E-state index contributed by atoms with van der Waals surface area (Å²) < 4.78 is 1.17. The zero-order valence-corrected chi connectivity index (χ0v) is 14.5. The van der Waals surface area contributed by atoms with Gasteiger partial charge in [0.1, 0.15) is 0 Å². The Morgan fingerprint density at radius 2 is 2.00 bits per heavy atom. The van der Waals surface area contributed by atoms with Gasteiger partial charge in [-0.05, 0) is 55.5 Å². The molecule has 1 aromatic carbocycles. The average Bonchev–Trinajstić information content (AvgIpc) is 2.42. The zero-order valence-electron chi connectivity index (χ0n) is 12.1. The lowest BCUT2D eigenvalue weighted by Crippen LogP contribution is -2.21. The Morgan fingerprint density at radius 3 is 2.68 bits per heavy atom. The van der Waals surface area contributed by atoms with E-state index in [-0.39, 0.29) is 0 Å². The minimum Gasteiger partial charge on any atom is -0.310 e. The van der Waals surface area contributed by atoms with Gasteiger partial charge in [0.05, 0.1) is 0 Å². The molecule has 0 saturated heterocycles. The molecule has 0 aliphatic rings. The highest BCUT2D eigenvalue weighted by molar-refractivity contribution is 9.10. The maximum Gasteiger partial charge on any atom is 0.0318 e. The van der Waals surface area contributed by atoms with Crippen LogP contribution in [0.4, 0.5) is 0 Å². The Labute approximate surface area is 131 Å². The number of hydrogen-bond acceptors (Lipinski definition) is 2. The molecule has 19 heavy (non-hydrogen) atoms. The minimum absolute atomic E-state index is 0.490. The van der Waals surface area contributed by atoms with E-state index in [1.807, 2.05) is 11.8 Å². The molecule has 0 aromatic heterocycles. The standard InChI is InChI=1S/C16H26BrNS/c1-3-16(14-9-8-10-15(17)13-14)18-11-6-4-5-7-12-19-2/h8-10,13,16,18H,3-7,11-12H2,1-2H3. The first-order chi connectivity index (χ1) is 9.27. The monoisotopic (exact) mass is 343 g/mol. The van der Waals surface area contributed by atoms with Crippen molar-refractivity contribution in [1.82, 2.24) is 5.32 Å². The molecule has 0 bridgehead atoms. The van der Waals surface area contributed by atoms with Crippen LogP contribution in [0.5, 0.6) is 0 Å². The molecule has 0 heterocycles. The maximum absolute atomic E-state index is 3.68. The third kappa shape index (κ3) is 7.38. The first-order valence-corrected chi connectivity index (χ1v) is 9.44. The van der Waals surface area contributed by atoms with Gasteiger partial charge in [0.25, 0.3) is 0 Å². The molecule has 0 fully saturated rings.